The van der Waals surface area contributed by atoms with Crippen LogP contribution in [0.5, 0.6) is 5.75 Å². The van der Waals surface area contributed by atoms with Crippen LogP contribution in [-0.4, -0.2) is 12.1 Å². The molecule has 0 saturated carbocycles. The fourth-order valence-electron chi connectivity index (χ4n) is 2.17. The zero-order valence-electron chi connectivity index (χ0n) is 11.7. The zero-order chi connectivity index (χ0) is 14.7. The highest BCUT2D eigenvalue weighted by Crippen LogP contribution is 2.28. The van der Waals surface area contributed by atoms with Crippen molar-refractivity contribution in [2.45, 2.75) is 26.3 Å². The lowest BCUT2D eigenvalue weighted by molar-refractivity contribution is 0.386. The number of benzene rings is 1. The normalized spacial score (nSPS) is 12.4. The molecule has 1 heterocycles. The van der Waals surface area contributed by atoms with Crippen molar-refractivity contribution in [3.8, 4) is 5.75 Å². The van der Waals surface area contributed by atoms with Gasteiger partial charge in [-0.25, -0.2) is 9.37 Å². The van der Waals surface area contributed by atoms with Gasteiger partial charge in [0, 0.05) is 4.88 Å². The van der Waals surface area contributed by atoms with Crippen LogP contribution in [0.2, 0.25) is 0 Å². The van der Waals surface area contributed by atoms with E-state index in [1.807, 2.05) is 19.9 Å². The fraction of sp³-hybridized carbons (Fsp3) is 0.357. The summed E-state index contributed by atoms with van der Waals surface area (Å²) in [6.45, 7) is 3.92. The standard InChI is InChI=1S/C14H18FN3OS/c1-8-14(20-9(2)17-8)12(18-16)7-10-4-5-13(19-3)11(15)6-10/h4-6,12,18H,7,16H2,1-3H3. The Hall–Kier alpha value is -1.50. The first-order chi connectivity index (χ1) is 9.55. The lowest BCUT2D eigenvalue weighted by Gasteiger charge is -2.15. The van der Waals surface area contributed by atoms with Crippen LogP contribution in [0.3, 0.4) is 0 Å². The van der Waals surface area contributed by atoms with Crippen molar-refractivity contribution >= 4 is 11.3 Å². The Bertz CT molecular complexity index is 600. The second kappa shape index (κ2) is 6.30. The van der Waals surface area contributed by atoms with Crippen LogP contribution in [0.4, 0.5) is 4.39 Å². The second-order valence-corrected chi connectivity index (χ2v) is 5.81. The predicted molar refractivity (Wildman–Crippen MR) is 78.3 cm³/mol. The molecule has 20 heavy (non-hydrogen) atoms. The van der Waals surface area contributed by atoms with Crippen molar-refractivity contribution in [1.82, 2.24) is 10.4 Å². The van der Waals surface area contributed by atoms with Crippen LogP contribution in [0.15, 0.2) is 18.2 Å². The first-order valence-corrected chi connectivity index (χ1v) is 7.09. The van der Waals surface area contributed by atoms with Gasteiger partial charge in [0.25, 0.3) is 0 Å². The minimum atomic E-state index is -0.363. The van der Waals surface area contributed by atoms with E-state index in [1.54, 1.807) is 17.4 Å². The minimum absolute atomic E-state index is 0.0750. The summed E-state index contributed by atoms with van der Waals surface area (Å²) in [5.74, 6) is 5.52. The first-order valence-electron chi connectivity index (χ1n) is 6.27. The van der Waals surface area contributed by atoms with Crippen LogP contribution < -0.4 is 16.0 Å². The van der Waals surface area contributed by atoms with Gasteiger partial charge in [0.1, 0.15) is 0 Å². The van der Waals surface area contributed by atoms with Crippen molar-refractivity contribution in [3.05, 3.63) is 45.2 Å². The van der Waals surface area contributed by atoms with Crippen molar-refractivity contribution in [2.75, 3.05) is 7.11 Å². The molecule has 0 fully saturated rings. The van der Waals surface area contributed by atoms with E-state index < -0.39 is 0 Å². The molecule has 2 aromatic rings. The molecule has 2 rings (SSSR count). The van der Waals surface area contributed by atoms with E-state index in [4.69, 9.17) is 10.6 Å². The van der Waals surface area contributed by atoms with Crippen LogP contribution in [0.25, 0.3) is 0 Å². The summed E-state index contributed by atoms with van der Waals surface area (Å²) in [6.07, 6.45) is 0.597. The number of thiazole rings is 1. The smallest absolute Gasteiger partial charge is 0.165 e. The predicted octanol–water partition coefficient (Wildman–Crippen LogP) is 2.65. The molecule has 0 bridgehead atoms. The maximum absolute atomic E-state index is 13.7. The molecule has 3 N–H and O–H groups in total. The minimum Gasteiger partial charge on any atom is -0.494 e. The monoisotopic (exact) mass is 295 g/mol. The maximum Gasteiger partial charge on any atom is 0.165 e. The van der Waals surface area contributed by atoms with E-state index >= 15 is 0 Å². The summed E-state index contributed by atoms with van der Waals surface area (Å²) in [5.41, 5.74) is 4.61. The van der Waals surface area contributed by atoms with Crippen molar-refractivity contribution in [2.24, 2.45) is 5.84 Å². The van der Waals surface area contributed by atoms with Gasteiger partial charge in [0.15, 0.2) is 11.6 Å². The molecule has 0 aliphatic rings. The van der Waals surface area contributed by atoms with Crippen LogP contribution in [-0.2, 0) is 6.42 Å². The third-order valence-corrected chi connectivity index (χ3v) is 4.30. The topological polar surface area (TPSA) is 60.2 Å². The van der Waals surface area contributed by atoms with E-state index in [2.05, 4.69) is 10.4 Å². The van der Waals surface area contributed by atoms with Crippen LogP contribution >= 0.6 is 11.3 Å². The number of hydrogen-bond donors (Lipinski definition) is 2. The number of aromatic nitrogens is 1. The highest BCUT2D eigenvalue weighted by Gasteiger charge is 2.17. The van der Waals surface area contributed by atoms with Gasteiger partial charge in [-0.05, 0) is 38.0 Å². The Morgan fingerprint density at radius 1 is 1.45 bits per heavy atom. The van der Waals surface area contributed by atoms with Gasteiger partial charge < -0.3 is 4.74 Å². The number of nitrogens with zero attached hydrogens (tertiary/aromatic N) is 1. The van der Waals surface area contributed by atoms with E-state index in [9.17, 15) is 4.39 Å². The van der Waals surface area contributed by atoms with Gasteiger partial charge in [0.05, 0.1) is 23.9 Å². The summed E-state index contributed by atoms with van der Waals surface area (Å²) < 4.78 is 18.6. The molecular formula is C14H18FN3OS. The number of methoxy groups -OCH3 is 1. The molecule has 0 aliphatic heterocycles. The molecule has 1 unspecified atom stereocenters. The number of nitrogens with two attached hydrogens (primary N) is 1. The van der Waals surface area contributed by atoms with Gasteiger partial charge in [0.2, 0.25) is 0 Å². The van der Waals surface area contributed by atoms with E-state index in [0.717, 1.165) is 21.1 Å². The SMILES string of the molecule is COc1ccc(CC(NN)c2sc(C)nc2C)cc1F. The largest absolute Gasteiger partial charge is 0.494 e. The Morgan fingerprint density at radius 2 is 2.20 bits per heavy atom. The molecule has 1 aromatic heterocycles. The highest BCUT2D eigenvalue weighted by atomic mass is 32.1. The molecule has 0 radical (unpaired) electrons. The van der Waals surface area contributed by atoms with E-state index in [1.165, 1.54) is 13.2 Å². The number of aryl methyl sites for hydroxylation is 2. The summed E-state index contributed by atoms with van der Waals surface area (Å²) >= 11 is 1.61. The number of rotatable bonds is 5. The Labute approximate surface area is 121 Å². The van der Waals surface area contributed by atoms with Gasteiger partial charge in [-0.15, -0.1) is 11.3 Å². The highest BCUT2D eigenvalue weighted by molar-refractivity contribution is 7.11. The number of hydrazine groups is 1. The number of ether oxygens (including phenoxy) is 1. The molecule has 0 amide bonds. The summed E-state index contributed by atoms with van der Waals surface area (Å²) in [4.78, 5) is 5.48. The average Bonchev–Trinajstić information content (AvgIpc) is 2.75. The van der Waals surface area contributed by atoms with Crippen LogP contribution in [0.1, 0.15) is 27.2 Å². The van der Waals surface area contributed by atoms with Crippen molar-refractivity contribution < 1.29 is 9.13 Å². The second-order valence-electron chi connectivity index (χ2n) is 4.57. The summed E-state index contributed by atoms with van der Waals surface area (Å²) in [7, 11) is 1.45. The van der Waals surface area contributed by atoms with Crippen molar-refractivity contribution in [3.63, 3.8) is 0 Å². The average molecular weight is 295 g/mol. The maximum atomic E-state index is 13.7. The summed E-state index contributed by atoms with van der Waals surface area (Å²) in [5, 5.41) is 0.999. The molecule has 4 nitrogen and oxygen atoms in total. The molecule has 1 atom stereocenters. The molecule has 108 valence electrons. The molecule has 0 spiro atoms. The van der Waals surface area contributed by atoms with E-state index in [-0.39, 0.29) is 17.6 Å². The van der Waals surface area contributed by atoms with Crippen molar-refractivity contribution in [1.29, 1.82) is 0 Å². The lowest BCUT2D eigenvalue weighted by Crippen LogP contribution is -2.29. The van der Waals surface area contributed by atoms with Gasteiger partial charge >= 0.3 is 0 Å². The lowest BCUT2D eigenvalue weighted by atomic mass is 10.0. The quantitative estimate of drug-likeness (QED) is 0.657. The Kier molecular flexibility index (Phi) is 4.69. The number of halogens is 1. The molecule has 0 saturated heterocycles. The van der Waals surface area contributed by atoms with Gasteiger partial charge in [-0.3, -0.25) is 11.3 Å². The molecule has 1 aromatic carbocycles. The third-order valence-electron chi connectivity index (χ3n) is 3.11. The van der Waals surface area contributed by atoms with E-state index in [0.29, 0.717) is 6.42 Å². The Balaban J connectivity index is 2.22. The van der Waals surface area contributed by atoms with Gasteiger partial charge in [-0.1, -0.05) is 6.07 Å². The molecular weight excluding hydrogens is 277 g/mol. The number of hydrogen-bond acceptors (Lipinski definition) is 5. The third kappa shape index (κ3) is 3.15. The molecule has 6 heteroatoms. The summed E-state index contributed by atoms with van der Waals surface area (Å²) in [6, 6.07) is 4.87. The number of nitrogens with one attached hydrogen (secondary N) is 1. The Morgan fingerprint density at radius 3 is 2.70 bits per heavy atom. The van der Waals surface area contributed by atoms with Crippen LogP contribution in [0, 0.1) is 19.7 Å². The first kappa shape index (κ1) is 14.9. The zero-order valence-corrected chi connectivity index (χ0v) is 12.6. The molecule has 0 aliphatic carbocycles. The van der Waals surface area contributed by atoms with Gasteiger partial charge in [-0.2, -0.15) is 0 Å². The fourth-order valence-corrected chi connectivity index (χ4v) is 3.16.